The number of carbonyl (C=O) groups excluding carboxylic acids is 2. The number of nitrogens with zero attached hydrogens (tertiary/aromatic N) is 1. The molecule has 0 spiro atoms. The standard InChI is InChI=1S/C23H27NO6/c1-2-3-4-5-6-7-8-17-29-22(25)18-11-15-21(16-12-18)30-23(26)19-9-13-20(14-10-19)24(27)28/h9-16H,2-8,17H2,1H3. The van der Waals surface area contributed by atoms with Crippen molar-refractivity contribution in [3.05, 3.63) is 69.8 Å². The summed E-state index contributed by atoms with van der Waals surface area (Å²) in [5.74, 6) is -0.782. The molecule has 0 aliphatic heterocycles. The zero-order chi connectivity index (χ0) is 21.8. The summed E-state index contributed by atoms with van der Waals surface area (Å²) in [4.78, 5) is 34.3. The summed E-state index contributed by atoms with van der Waals surface area (Å²) < 4.78 is 10.5. The van der Waals surface area contributed by atoms with Gasteiger partial charge in [0.15, 0.2) is 0 Å². The summed E-state index contributed by atoms with van der Waals surface area (Å²) in [5, 5.41) is 10.7. The van der Waals surface area contributed by atoms with Gasteiger partial charge in [-0.15, -0.1) is 0 Å². The fraction of sp³-hybridized carbons (Fsp3) is 0.391. The number of nitro benzene ring substituents is 1. The molecule has 7 heteroatoms. The number of esters is 2. The monoisotopic (exact) mass is 413 g/mol. The Hall–Kier alpha value is -3.22. The van der Waals surface area contributed by atoms with Gasteiger partial charge in [-0.3, -0.25) is 10.1 Å². The molecule has 0 heterocycles. The van der Waals surface area contributed by atoms with Gasteiger partial charge in [0.25, 0.3) is 5.69 Å². The maximum absolute atomic E-state index is 12.1. The Bertz CT molecular complexity index is 830. The van der Waals surface area contributed by atoms with E-state index in [9.17, 15) is 19.7 Å². The average molecular weight is 413 g/mol. The lowest BCUT2D eigenvalue weighted by atomic mass is 10.1. The smallest absolute Gasteiger partial charge is 0.343 e. The van der Waals surface area contributed by atoms with Crippen LogP contribution in [0.1, 0.15) is 72.6 Å². The maximum Gasteiger partial charge on any atom is 0.343 e. The summed E-state index contributed by atoms with van der Waals surface area (Å²) >= 11 is 0. The summed E-state index contributed by atoms with van der Waals surface area (Å²) in [6.07, 6.45) is 8.05. The minimum atomic E-state index is -0.640. The second kappa shape index (κ2) is 12.4. The summed E-state index contributed by atoms with van der Waals surface area (Å²) in [6, 6.07) is 11.2. The van der Waals surface area contributed by atoms with Crippen molar-refractivity contribution < 1.29 is 24.0 Å². The third kappa shape index (κ3) is 7.66. The molecule has 2 rings (SSSR count). The Balaban J connectivity index is 1.75. The van der Waals surface area contributed by atoms with E-state index in [-0.39, 0.29) is 17.0 Å². The Labute approximate surface area is 176 Å². The van der Waals surface area contributed by atoms with Crippen molar-refractivity contribution in [2.45, 2.75) is 51.9 Å². The molecule has 0 amide bonds. The van der Waals surface area contributed by atoms with Gasteiger partial charge in [-0.1, -0.05) is 45.4 Å². The minimum Gasteiger partial charge on any atom is -0.462 e. The molecular weight excluding hydrogens is 386 g/mol. The Morgan fingerprint density at radius 1 is 0.800 bits per heavy atom. The van der Waals surface area contributed by atoms with E-state index in [4.69, 9.17) is 9.47 Å². The van der Waals surface area contributed by atoms with Crippen molar-refractivity contribution in [2.24, 2.45) is 0 Å². The van der Waals surface area contributed by atoms with Gasteiger partial charge in [0.2, 0.25) is 0 Å². The Morgan fingerprint density at radius 2 is 1.33 bits per heavy atom. The van der Waals surface area contributed by atoms with Crippen LogP contribution < -0.4 is 4.74 Å². The highest BCUT2D eigenvalue weighted by molar-refractivity contribution is 5.92. The predicted molar refractivity (Wildman–Crippen MR) is 113 cm³/mol. The second-order valence-corrected chi connectivity index (χ2v) is 6.98. The van der Waals surface area contributed by atoms with Crippen LogP contribution in [-0.4, -0.2) is 23.5 Å². The van der Waals surface area contributed by atoms with Crippen molar-refractivity contribution >= 4 is 17.6 Å². The zero-order valence-corrected chi connectivity index (χ0v) is 17.2. The maximum atomic E-state index is 12.1. The molecule has 2 aromatic carbocycles. The molecule has 0 atom stereocenters. The average Bonchev–Trinajstić information content (AvgIpc) is 2.76. The van der Waals surface area contributed by atoms with Crippen LogP contribution in [0.3, 0.4) is 0 Å². The molecule has 0 radical (unpaired) electrons. The van der Waals surface area contributed by atoms with E-state index >= 15 is 0 Å². The SMILES string of the molecule is CCCCCCCCCOC(=O)c1ccc(OC(=O)c2ccc([N+](=O)[O-])cc2)cc1. The first-order chi connectivity index (χ1) is 14.5. The molecule has 0 saturated carbocycles. The number of rotatable bonds is 12. The number of hydrogen-bond acceptors (Lipinski definition) is 6. The van der Waals surface area contributed by atoms with Crippen LogP contribution in [0.4, 0.5) is 5.69 Å². The van der Waals surface area contributed by atoms with Crippen LogP contribution in [0, 0.1) is 10.1 Å². The van der Waals surface area contributed by atoms with Crippen LogP contribution in [-0.2, 0) is 4.74 Å². The Kier molecular flexibility index (Phi) is 9.51. The predicted octanol–water partition coefficient (Wildman–Crippen LogP) is 5.72. The van der Waals surface area contributed by atoms with Crippen molar-refractivity contribution in [1.29, 1.82) is 0 Å². The normalized spacial score (nSPS) is 10.4. The molecule has 0 bridgehead atoms. The fourth-order valence-electron chi connectivity index (χ4n) is 2.85. The fourth-order valence-corrected chi connectivity index (χ4v) is 2.85. The first-order valence-electron chi connectivity index (χ1n) is 10.2. The van der Waals surface area contributed by atoms with Crippen LogP contribution in [0.2, 0.25) is 0 Å². The summed E-state index contributed by atoms with van der Waals surface area (Å²) in [7, 11) is 0. The highest BCUT2D eigenvalue weighted by Gasteiger charge is 2.13. The first-order valence-corrected chi connectivity index (χ1v) is 10.2. The van der Waals surface area contributed by atoms with Gasteiger partial charge in [-0.05, 0) is 42.8 Å². The number of hydrogen-bond donors (Lipinski definition) is 0. The molecule has 0 aliphatic rings. The van der Waals surface area contributed by atoms with Gasteiger partial charge < -0.3 is 9.47 Å². The van der Waals surface area contributed by atoms with Crippen LogP contribution in [0.5, 0.6) is 5.75 Å². The molecule has 0 aromatic heterocycles. The van der Waals surface area contributed by atoms with E-state index < -0.39 is 16.9 Å². The van der Waals surface area contributed by atoms with Crippen LogP contribution in [0.25, 0.3) is 0 Å². The van der Waals surface area contributed by atoms with Crippen molar-refractivity contribution in [3.8, 4) is 5.75 Å². The quantitative estimate of drug-likeness (QED) is 0.145. The first kappa shape index (κ1) is 23.1. The molecule has 30 heavy (non-hydrogen) atoms. The van der Waals surface area contributed by atoms with Crippen molar-refractivity contribution in [1.82, 2.24) is 0 Å². The number of nitro groups is 1. The minimum absolute atomic E-state index is 0.106. The lowest BCUT2D eigenvalue weighted by molar-refractivity contribution is -0.384. The van der Waals surface area contributed by atoms with Gasteiger partial charge in [0.05, 0.1) is 22.7 Å². The number of carbonyl (C=O) groups is 2. The molecule has 0 fully saturated rings. The highest BCUT2D eigenvalue weighted by Crippen LogP contribution is 2.17. The van der Waals surface area contributed by atoms with E-state index in [0.717, 1.165) is 19.3 Å². The van der Waals surface area contributed by atoms with E-state index in [2.05, 4.69) is 6.92 Å². The third-order valence-corrected chi connectivity index (χ3v) is 4.60. The van der Waals surface area contributed by atoms with Crippen molar-refractivity contribution in [2.75, 3.05) is 6.61 Å². The van der Waals surface area contributed by atoms with Crippen molar-refractivity contribution in [3.63, 3.8) is 0 Å². The van der Waals surface area contributed by atoms with Crippen LogP contribution >= 0.6 is 0 Å². The second-order valence-electron chi connectivity index (χ2n) is 6.98. The lowest BCUT2D eigenvalue weighted by Crippen LogP contribution is -2.09. The third-order valence-electron chi connectivity index (χ3n) is 4.60. The van der Waals surface area contributed by atoms with Gasteiger partial charge in [0, 0.05) is 12.1 Å². The Morgan fingerprint density at radius 3 is 1.93 bits per heavy atom. The van der Waals surface area contributed by atoms with Crippen LogP contribution in [0.15, 0.2) is 48.5 Å². The largest absolute Gasteiger partial charge is 0.462 e. The highest BCUT2D eigenvalue weighted by atomic mass is 16.6. The van der Waals surface area contributed by atoms with E-state index in [1.165, 1.54) is 74.2 Å². The number of benzene rings is 2. The zero-order valence-electron chi connectivity index (χ0n) is 17.2. The van der Waals surface area contributed by atoms with E-state index in [1.807, 2.05) is 0 Å². The molecule has 7 nitrogen and oxygen atoms in total. The molecule has 0 N–H and O–H groups in total. The van der Waals surface area contributed by atoms with E-state index in [0.29, 0.717) is 12.2 Å². The number of unbranched alkanes of at least 4 members (excludes halogenated alkanes) is 6. The molecule has 0 aliphatic carbocycles. The lowest BCUT2D eigenvalue weighted by Gasteiger charge is -2.07. The summed E-state index contributed by atoms with van der Waals surface area (Å²) in [5.41, 5.74) is 0.470. The van der Waals surface area contributed by atoms with Gasteiger partial charge in [-0.25, -0.2) is 9.59 Å². The number of non-ortho nitro benzene ring substituents is 1. The molecule has 0 saturated heterocycles. The number of ether oxygens (including phenoxy) is 2. The molecular formula is C23H27NO6. The van der Waals surface area contributed by atoms with Gasteiger partial charge in [0.1, 0.15) is 5.75 Å². The topological polar surface area (TPSA) is 95.7 Å². The van der Waals surface area contributed by atoms with Gasteiger partial charge >= 0.3 is 11.9 Å². The van der Waals surface area contributed by atoms with Gasteiger partial charge in [-0.2, -0.15) is 0 Å². The molecule has 160 valence electrons. The summed E-state index contributed by atoms with van der Waals surface area (Å²) in [6.45, 7) is 2.58. The van der Waals surface area contributed by atoms with E-state index in [1.54, 1.807) is 0 Å². The molecule has 0 unspecified atom stereocenters. The molecule has 2 aromatic rings.